The monoisotopic (exact) mass is 477 g/mol. The maximum atomic E-state index is 13.2. The van der Waals surface area contributed by atoms with Gasteiger partial charge in [-0.05, 0) is 69.7 Å². The van der Waals surface area contributed by atoms with Gasteiger partial charge in [-0.2, -0.15) is 5.10 Å². The first-order chi connectivity index (χ1) is 16.9. The number of piperidine rings is 1. The Kier molecular flexibility index (Phi) is 9.00. The molecular weight excluding hydrogens is 442 g/mol. The summed E-state index contributed by atoms with van der Waals surface area (Å²) in [5, 5.41) is 8.16. The van der Waals surface area contributed by atoms with Gasteiger partial charge in [-0.3, -0.25) is 4.79 Å². The van der Waals surface area contributed by atoms with E-state index in [0.29, 0.717) is 36.1 Å². The fraction of sp³-hybridized carbons (Fsp3) is 0.407. The van der Waals surface area contributed by atoms with E-state index in [1.54, 1.807) is 25.3 Å². The standard InChI is InChI=1S/C27H35N5O3/c1-6-19(3)35-26(29-4)12-7-18(2)22-9-8-21(17-24(22)34-5)27(33)32-15-13-20(14-16-32)23-10-11-25(28)31-30-23/h7-12,17,19-20H,4,6,13-16H2,1-3,5H3,(H2,28,31)/b18-7+,26-12+/t19-/m0/s1. The van der Waals surface area contributed by atoms with Crippen LogP contribution >= 0.6 is 0 Å². The Balaban J connectivity index is 1.70. The number of rotatable bonds is 9. The third-order valence-electron chi connectivity index (χ3n) is 6.31. The summed E-state index contributed by atoms with van der Waals surface area (Å²) in [5.74, 6) is 1.80. The topological polar surface area (TPSA) is 103 Å². The molecule has 2 N–H and O–H groups in total. The highest BCUT2D eigenvalue weighted by molar-refractivity contribution is 5.95. The van der Waals surface area contributed by atoms with E-state index in [-0.39, 0.29) is 17.9 Å². The molecular formula is C27H35N5O3. The van der Waals surface area contributed by atoms with Gasteiger partial charge < -0.3 is 20.1 Å². The minimum Gasteiger partial charge on any atom is -0.496 e. The predicted molar refractivity (Wildman–Crippen MR) is 139 cm³/mol. The number of nitrogens with two attached hydrogens (primary N) is 1. The van der Waals surface area contributed by atoms with Crippen molar-refractivity contribution in [1.82, 2.24) is 15.1 Å². The van der Waals surface area contributed by atoms with E-state index in [1.807, 2.05) is 43.0 Å². The maximum Gasteiger partial charge on any atom is 0.253 e. The van der Waals surface area contributed by atoms with Crippen LogP contribution in [0.4, 0.5) is 5.82 Å². The molecule has 1 amide bonds. The number of aliphatic imine (C=N–C) groups is 1. The van der Waals surface area contributed by atoms with E-state index in [9.17, 15) is 4.79 Å². The van der Waals surface area contributed by atoms with Crippen molar-refractivity contribution < 1.29 is 14.3 Å². The van der Waals surface area contributed by atoms with Gasteiger partial charge in [0.15, 0.2) is 0 Å². The number of aromatic nitrogens is 2. The Bertz CT molecular complexity index is 1090. The van der Waals surface area contributed by atoms with Crippen molar-refractivity contribution in [2.45, 2.75) is 52.1 Å². The fourth-order valence-corrected chi connectivity index (χ4v) is 3.99. The van der Waals surface area contributed by atoms with Crippen LogP contribution in [0.3, 0.4) is 0 Å². The number of benzene rings is 1. The van der Waals surface area contributed by atoms with Crippen LogP contribution in [0.25, 0.3) is 5.57 Å². The maximum absolute atomic E-state index is 13.2. The summed E-state index contributed by atoms with van der Waals surface area (Å²) in [6.45, 7) is 10.9. The summed E-state index contributed by atoms with van der Waals surface area (Å²) in [4.78, 5) is 19.0. The molecule has 2 aromatic rings. The first kappa shape index (κ1) is 25.9. The third-order valence-corrected chi connectivity index (χ3v) is 6.31. The van der Waals surface area contributed by atoms with Crippen molar-refractivity contribution in [3.05, 3.63) is 65.2 Å². The zero-order valence-corrected chi connectivity index (χ0v) is 21.0. The van der Waals surface area contributed by atoms with E-state index in [0.717, 1.165) is 36.1 Å². The Labute approximate surface area is 207 Å². The Morgan fingerprint density at radius 1 is 1.26 bits per heavy atom. The molecule has 1 aromatic carbocycles. The highest BCUT2D eigenvalue weighted by atomic mass is 16.5. The molecule has 2 heterocycles. The van der Waals surface area contributed by atoms with Gasteiger partial charge in [0.2, 0.25) is 5.88 Å². The number of methoxy groups -OCH3 is 1. The molecule has 1 aromatic heterocycles. The number of amides is 1. The molecule has 8 heteroatoms. The first-order valence-corrected chi connectivity index (χ1v) is 11.9. The molecule has 1 aliphatic heterocycles. The lowest BCUT2D eigenvalue weighted by molar-refractivity contribution is 0.0711. The first-order valence-electron chi connectivity index (χ1n) is 11.9. The average molecular weight is 478 g/mol. The summed E-state index contributed by atoms with van der Waals surface area (Å²) in [5.41, 5.74) is 9.03. The molecule has 35 heavy (non-hydrogen) atoms. The molecule has 1 atom stereocenters. The zero-order chi connectivity index (χ0) is 25.4. The SMILES string of the molecule is C=N/C(=C\C=C(/C)c1ccc(C(=O)N2CCC(c3ccc(N)nn3)CC2)cc1OC)O[C@@H](C)CC. The molecule has 0 aliphatic carbocycles. The lowest BCUT2D eigenvalue weighted by Gasteiger charge is -2.31. The number of nitrogen functional groups attached to an aromatic ring is 1. The molecule has 0 spiro atoms. The van der Waals surface area contributed by atoms with Gasteiger partial charge in [-0.25, -0.2) is 4.99 Å². The number of likely N-dealkylation sites (tertiary alicyclic amines) is 1. The van der Waals surface area contributed by atoms with Crippen molar-refractivity contribution in [3.8, 4) is 5.75 Å². The lowest BCUT2D eigenvalue weighted by atomic mass is 9.93. The number of hydrogen-bond acceptors (Lipinski definition) is 7. The van der Waals surface area contributed by atoms with Crippen LogP contribution in [0.1, 0.15) is 67.6 Å². The van der Waals surface area contributed by atoms with Gasteiger partial charge in [0.1, 0.15) is 11.6 Å². The second-order valence-corrected chi connectivity index (χ2v) is 8.71. The molecule has 0 bridgehead atoms. The molecule has 186 valence electrons. The average Bonchev–Trinajstić information content (AvgIpc) is 2.90. The number of hydrogen-bond donors (Lipinski definition) is 1. The second-order valence-electron chi connectivity index (χ2n) is 8.71. The fourth-order valence-electron chi connectivity index (χ4n) is 3.99. The quantitative estimate of drug-likeness (QED) is 0.315. The van der Waals surface area contributed by atoms with Crippen LogP contribution < -0.4 is 10.5 Å². The number of nitrogens with zero attached hydrogens (tertiary/aromatic N) is 4. The normalized spacial score (nSPS) is 16.1. The van der Waals surface area contributed by atoms with E-state index >= 15 is 0 Å². The Morgan fingerprint density at radius 3 is 2.60 bits per heavy atom. The van der Waals surface area contributed by atoms with Gasteiger partial charge in [0.25, 0.3) is 5.91 Å². The molecule has 0 radical (unpaired) electrons. The van der Waals surface area contributed by atoms with E-state index in [1.165, 1.54) is 0 Å². The zero-order valence-electron chi connectivity index (χ0n) is 21.0. The smallest absolute Gasteiger partial charge is 0.253 e. The van der Waals surface area contributed by atoms with Crippen molar-refractivity contribution in [1.29, 1.82) is 0 Å². The number of carbonyl (C=O) groups excluding carboxylic acids is 1. The van der Waals surface area contributed by atoms with Gasteiger partial charge in [0.05, 0.1) is 18.9 Å². The molecule has 1 fully saturated rings. The summed E-state index contributed by atoms with van der Waals surface area (Å²) >= 11 is 0. The predicted octanol–water partition coefficient (Wildman–Crippen LogP) is 4.85. The van der Waals surface area contributed by atoms with Crippen LogP contribution in [0.2, 0.25) is 0 Å². The molecule has 0 unspecified atom stereocenters. The van der Waals surface area contributed by atoms with E-state index < -0.39 is 0 Å². The Morgan fingerprint density at radius 2 is 2.00 bits per heavy atom. The molecule has 1 aliphatic rings. The van der Waals surface area contributed by atoms with Crippen molar-refractivity contribution in [3.63, 3.8) is 0 Å². The van der Waals surface area contributed by atoms with Crippen molar-refractivity contribution in [2.75, 3.05) is 25.9 Å². The number of carbonyl (C=O) groups is 1. The lowest BCUT2D eigenvalue weighted by Crippen LogP contribution is -2.38. The van der Waals surface area contributed by atoms with E-state index in [2.05, 4.69) is 28.8 Å². The number of anilines is 1. The summed E-state index contributed by atoms with van der Waals surface area (Å²) in [7, 11) is 1.61. The van der Waals surface area contributed by atoms with Crippen molar-refractivity contribution in [2.24, 2.45) is 4.99 Å². The molecule has 3 rings (SSSR count). The number of allylic oxidation sites excluding steroid dienone is 3. The van der Waals surface area contributed by atoms with Crippen LogP contribution in [0.15, 0.2) is 53.4 Å². The molecule has 1 saturated heterocycles. The van der Waals surface area contributed by atoms with Crippen LogP contribution in [0, 0.1) is 0 Å². The minimum absolute atomic E-state index is 0.00156. The summed E-state index contributed by atoms with van der Waals surface area (Å²) in [6, 6.07) is 9.26. The van der Waals surface area contributed by atoms with E-state index in [4.69, 9.17) is 15.2 Å². The summed E-state index contributed by atoms with van der Waals surface area (Å²) in [6.07, 6.45) is 6.33. The van der Waals surface area contributed by atoms with Gasteiger partial charge in [0, 0.05) is 36.2 Å². The van der Waals surface area contributed by atoms with Gasteiger partial charge >= 0.3 is 0 Å². The molecule has 8 nitrogen and oxygen atoms in total. The molecule has 0 saturated carbocycles. The highest BCUT2D eigenvalue weighted by Gasteiger charge is 2.26. The van der Waals surface area contributed by atoms with Gasteiger partial charge in [-0.1, -0.05) is 19.1 Å². The summed E-state index contributed by atoms with van der Waals surface area (Å²) < 4.78 is 11.4. The Hall–Kier alpha value is -3.68. The van der Waals surface area contributed by atoms with Crippen LogP contribution in [-0.2, 0) is 4.74 Å². The number of ether oxygens (including phenoxy) is 2. The second kappa shape index (κ2) is 12.1. The third kappa shape index (κ3) is 6.68. The minimum atomic E-state index is -0.00156. The van der Waals surface area contributed by atoms with Gasteiger partial charge in [-0.15, -0.1) is 5.10 Å². The van der Waals surface area contributed by atoms with Crippen molar-refractivity contribution >= 4 is 24.0 Å². The highest BCUT2D eigenvalue weighted by Crippen LogP contribution is 2.30. The largest absolute Gasteiger partial charge is 0.496 e. The van der Waals surface area contributed by atoms with Crippen LogP contribution in [-0.4, -0.2) is 54.0 Å². The van der Waals surface area contributed by atoms with Crippen LogP contribution in [0.5, 0.6) is 5.75 Å².